The predicted octanol–water partition coefficient (Wildman–Crippen LogP) is 1.31. The molecule has 2 fully saturated rings. The first kappa shape index (κ1) is 17.1. The molecule has 2 aliphatic rings. The van der Waals surface area contributed by atoms with Gasteiger partial charge in [0.25, 0.3) is 0 Å². The van der Waals surface area contributed by atoms with Crippen LogP contribution in [0.3, 0.4) is 0 Å². The van der Waals surface area contributed by atoms with E-state index in [2.05, 4.69) is 15.5 Å². The number of nitrogens with one attached hydrogen (secondary N) is 2. The van der Waals surface area contributed by atoms with Crippen LogP contribution in [0.5, 0.6) is 0 Å². The van der Waals surface area contributed by atoms with E-state index in [1.807, 2.05) is 39.8 Å². The van der Waals surface area contributed by atoms with Crippen molar-refractivity contribution >= 4 is 41.1 Å². The molecular formula is C17H21BN4O4. The summed E-state index contributed by atoms with van der Waals surface area (Å²) in [6.07, 6.45) is 1.98. The van der Waals surface area contributed by atoms with Crippen LogP contribution >= 0.6 is 0 Å². The molecule has 0 atom stereocenters. The van der Waals surface area contributed by atoms with Crippen molar-refractivity contribution in [2.45, 2.75) is 45.3 Å². The van der Waals surface area contributed by atoms with Crippen LogP contribution in [0, 0.1) is 0 Å². The molecule has 0 aliphatic carbocycles. The third kappa shape index (κ3) is 2.58. The fourth-order valence-corrected chi connectivity index (χ4v) is 3.19. The zero-order chi connectivity index (χ0) is 18.7. The van der Waals surface area contributed by atoms with Gasteiger partial charge < -0.3 is 9.31 Å². The number of amides is 3. The third-order valence-corrected chi connectivity index (χ3v) is 5.45. The minimum absolute atomic E-state index is 0.262. The number of nitrogens with zero attached hydrogens (tertiary/aromatic N) is 2. The molecule has 26 heavy (non-hydrogen) atoms. The van der Waals surface area contributed by atoms with Gasteiger partial charge in [-0.3, -0.25) is 20.1 Å². The van der Waals surface area contributed by atoms with Gasteiger partial charge in [-0.15, -0.1) is 0 Å². The Morgan fingerprint density at radius 3 is 2.50 bits per heavy atom. The van der Waals surface area contributed by atoms with Crippen molar-refractivity contribution in [1.82, 2.24) is 15.5 Å². The lowest BCUT2D eigenvalue weighted by Gasteiger charge is -2.32. The molecule has 9 heteroatoms. The van der Waals surface area contributed by atoms with Gasteiger partial charge in [-0.05, 0) is 45.3 Å². The Kier molecular flexibility index (Phi) is 3.64. The molecule has 0 bridgehead atoms. The van der Waals surface area contributed by atoms with E-state index >= 15 is 0 Å². The number of hydrogen-bond donors (Lipinski definition) is 2. The van der Waals surface area contributed by atoms with E-state index in [0.29, 0.717) is 12.2 Å². The maximum Gasteiger partial charge on any atom is 0.495 e. The second kappa shape index (κ2) is 5.55. The van der Waals surface area contributed by atoms with Crippen molar-refractivity contribution in [3.8, 4) is 0 Å². The van der Waals surface area contributed by atoms with Gasteiger partial charge >= 0.3 is 13.1 Å². The van der Waals surface area contributed by atoms with Gasteiger partial charge in [-0.2, -0.15) is 5.10 Å². The van der Waals surface area contributed by atoms with Crippen molar-refractivity contribution in [2.24, 2.45) is 0 Å². The van der Waals surface area contributed by atoms with E-state index in [0.717, 1.165) is 16.4 Å². The topological polar surface area (TPSA) is 96.6 Å². The molecule has 2 saturated heterocycles. The van der Waals surface area contributed by atoms with Crippen LogP contribution in [0.25, 0.3) is 10.9 Å². The number of aromatic amines is 1. The minimum atomic E-state index is -0.575. The zero-order valence-electron chi connectivity index (χ0n) is 15.3. The molecule has 1 aromatic carbocycles. The van der Waals surface area contributed by atoms with Gasteiger partial charge in [-0.1, -0.05) is 0 Å². The maximum absolute atomic E-state index is 12.2. The zero-order valence-corrected chi connectivity index (χ0v) is 15.3. The largest absolute Gasteiger partial charge is 0.495 e. The summed E-state index contributed by atoms with van der Waals surface area (Å²) < 4.78 is 12.4. The van der Waals surface area contributed by atoms with Gasteiger partial charge in [0.15, 0.2) is 0 Å². The van der Waals surface area contributed by atoms with Crippen molar-refractivity contribution in [3.05, 3.63) is 18.3 Å². The van der Waals surface area contributed by atoms with Crippen LogP contribution in [0.15, 0.2) is 18.3 Å². The number of benzene rings is 1. The number of carbonyl (C=O) groups excluding carboxylic acids is 2. The number of aromatic nitrogens is 2. The van der Waals surface area contributed by atoms with Crippen molar-refractivity contribution in [2.75, 3.05) is 11.4 Å². The number of anilines is 1. The van der Waals surface area contributed by atoms with Crippen LogP contribution in [-0.2, 0) is 14.1 Å². The Morgan fingerprint density at radius 1 is 1.15 bits per heavy atom. The predicted molar refractivity (Wildman–Crippen MR) is 97.3 cm³/mol. The van der Waals surface area contributed by atoms with Gasteiger partial charge in [0.05, 0.1) is 22.9 Å². The second-order valence-electron chi connectivity index (χ2n) is 7.71. The van der Waals surface area contributed by atoms with E-state index in [9.17, 15) is 9.59 Å². The molecule has 2 aliphatic heterocycles. The second-order valence-corrected chi connectivity index (χ2v) is 7.71. The number of rotatable bonds is 2. The summed E-state index contributed by atoms with van der Waals surface area (Å²) in [5.41, 5.74) is 1.29. The minimum Gasteiger partial charge on any atom is -0.399 e. The fraction of sp³-hybridized carbons (Fsp3) is 0.471. The lowest BCUT2D eigenvalue weighted by Crippen LogP contribution is -2.50. The SMILES string of the molecule is CC1(C)OB(c2cc(N3CCC(=O)NC3=O)cc3[nH]ncc23)OC1(C)C. The van der Waals surface area contributed by atoms with E-state index in [1.54, 1.807) is 6.20 Å². The van der Waals surface area contributed by atoms with Gasteiger partial charge in [0, 0.05) is 24.0 Å². The molecule has 0 radical (unpaired) electrons. The molecule has 3 heterocycles. The molecule has 1 aromatic heterocycles. The summed E-state index contributed by atoms with van der Waals surface area (Å²) in [4.78, 5) is 25.2. The monoisotopic (exact) mass is 356 g/mol. The lowest BCUT2D eigenvalue weighted by atomic mass is 9.76. The smallest absolute Gasteiger partial charge is 0.399 e. The Balaban J connectivity index is 1.77. The Hall–Kier alpha value is -2.39. The summed E-state index contributed by atoms with van der Waals surface area (Å²) in [5.74, 6) is -0.264. The average molecular weight is 356 g/mol. The van der Waals surface area contributed by atoms with E-state index in [-0.39, 0.29) is 12.3 Å². The first-order valence-electron chi connectivity index (χ1n) is 8.62. The normalized spacial score (nSPS) is 22.2. The van der Waals surface area contributed by atoms with E-state index in [4.69, 9.17) is 9.31 Å². The molecule has 4 rings (SSSR count). The maximum atomic E-state index is 12.2. The average Bonchev–Trinajstić information content (AvgIpc) is 3.08. The standard InChI is InChI=1S/C17H21BN4O4/c1-16(2)17(3,4)26-18(25-16)12-7-10(8-13-11(12)9-19-21-13)22-6-5-14(23)20-15(22)24/h7-9H,5-6H2,1-4H3,(H,19,21)(H,20,23,24). The number of hydrogen-bond acceptors (Lipinski definition) is 5. The Bertz CT molecular complexity index is 891. The summed E-state index contributed by atoms with van der Waals surface area (Å²) in [6, 6.07) is 3.28. The van der Waals surface area contributed by atoms with Gasteiger partial charge in [-0.25, -0.2) is 4.79 Å². The lowest BCUT2D eigenvalue weighted by molar-refractivity contribution is -0.120. The first-order chi connectivity index (χ1) is 12.2. The number of imide groups is 1. The van der Waals surface area contributed by atoms with Crippen molar-refractivity contribution in [1.29, 1.82) is 0 Å². The number of fused-ring (bicyclic) bond motifs is 1. The molecule has 0 saturated carbocycles. The molecule has 8 nitrogen and oxygen atoms in total. The first-order valence-corrected chi connectivity index (χ1v) is 8.62. The molecule has 0 unspecified atom stereocenters. The quantitative estimate of drug-likeness (QED) is 0.791. The third-order valence-electron chi connectivity index (χ3n) is 5.45. The Morgan fingerprint density at radius 2 is 1.85 bits per heavy atom. The molecule has 136 valence electrons. The van der Waals surface area contributed by atoms with Crippen LogP contribution in [0.4, 0.5) is 10.5 Å². The number of urea groups is 1. The highest BCUT2D eigenvalue weighted by molar-refractivity contribution is 6.65. The molecular weight excluding hydrogens is 335 g/mol. The summed E-state index contributed by atoms with van der Waals surface area (Å²) in [5, 5.41) is 10.3. The highest BCUT2D eigenvalue weighted by Gasteiger charge is 2.52. The van der Waals surface area contributed by atoms with E-state index in [1.165, 1.54) is 4.90 Å². The molecule has 3 amide bonds. The molecule has 0 spiro atoms. The van der Waals surface area contributed by atoms with Crippen LogP contribution in [-0.4, -0.2) is 47.0 Å². The fourth-order valence-electron chi connectivity index (χ4n) is 3.19. The molecule has 2 aromatic rings. The van der Waals surface area contributed by atoms with Crippen LogP contribution in [0.1, 0.15) is 34.1 Å². The highest BCUT2D eigenvalue weighted by atomic mass is 16.7. The van der Waals surface area contributed by atoms with Crippen molar-refractivity contribution in [3.63, 3.8) is 0 Å². The van der Waals surface area contributed by atoms with Gasteiger partial charge in [0.1, 0.15) is 0 Å². The van der Waals surface area contributed by atoms with E-state index < -0.39 is 24.4 Å². The molecule has 2 N–H and O–H groups in total. The summed E-state index contributed by atoms with van der Waals surface area (Å²) in [7, 11) is -0.575. The van der Waals surface area contributed by atoms with Gasteiger partial charge in [0.2, 0.25) is 5.91 Å². The van der Waals surface area contributed by atoms with Crippen LogP contribution in [0.2, 0.25) is 0 Å². The summed E-state index contributed by atoms with van der Waals surface area (Å²) >= 11 is 0. The Labute approximate surface area is 151 Å². The highest BCUT2D eigenvalue weighted by Crippen LogP contribution is 2.37. The van der Waals surface area contributed by atoms with Crippen LogP contribution < -0.4 is 15.7 Å². The van der Waals surface area contributed by atoms with Crippen molar-refractivity contribution < 1.29 is 18.9 Å². The number of H-pyrrole nitrogens is 1. The number of carbonyl (C=O) groups is 2. The summed E-state index contributed by atoms with van der Waals surface area (Å²) in [6.45, 7) is 8.30.